The van der Waals surface area contributed by atoms with Crippen LogP contribution in [0.25, 0.3) is 0 Å². The molecule has 0 unspecified atom stereocenters. The van der Waals surface area contributed by atoms with Crippen LogP contribution in [0, 0.1) is 28.9 Å². The first kappa shape index (κ1) is 22.4. The van der Waals surface area contributed by atoms with Crippen LogP contribution in [0.3, 0.4) is 0 Å². The highest BCUT2D eigenvalue weighted by molar-refractivity contribution is 6.04. The number of aromatic nitrogens is 2. The molecule has 0 spiro atoms. The Morgan fingerprint density at radius 1 is 1.24 bits per heavy atom. The van der Waals surface area contributed by atoms with E-state index in [4.69, 9.17) is 0 Å². The van der Waals surface area contributed by atoms with Crippen LogP contribution in [0.15, 0.2) is 23.0 Å². The average Bonchev–Trinajstić information content (AvgIpc) is 2.73. The summed E-state index contributed by atoms with van der Waals surface area (Å²) in [6.07, 6.45) is 0.888. The van der Waals surface area contributed by atoms with E-state index in [1.807, 2.05) is 4.90 Å². The lowest BCUT2D eigenvalue weighted by atomic mass is 9.91. The largest absolute Gasteiger partial charge is 0.342 e. The Labute approximate surface area is 189 Å². The summed E-state index contributed by atoms with van der Waals surface area (Å²) in [6, 6.07) is 4.06. The van der Waals surface area contributed by atoms with Gasteiger partial charge in [0.25, 0.3) is 11.2 Å². The van der Waals surface area contributed by atoms with Crippen molar-refractivity contribution in [3.63, 3.8) is 0 Å². The van der Waals surface area contributed by atoms with E-state index >= 15 is 0 Å². The molecule has 3 heterocycles. The average molecular weight is 454 g/mol. The van der Waals surface area contributed by atoms with E-state index in [0.717, 1.165) is 19.5 Å². The van der Waals surface area contributed by atoms with Gasteiger partial charge in [-0.1, -0.05) is 13.8 Å². The predicted molar refractivity (Wildman–Crippen MR) is 122 cm³/mol. The summed E-state index contributed by atoms with van der Waals surface area (Å²) < 4.78 is 0. The van der Waals surface area contributed by atoms with E-state index in [1.165, 1.54) is 18.2 Å². The highest BCUT2D eigenvalue weighted by Gasteiger charge is 2.36. The summed E-state index contributed by atoms with van der Waals surface area (Å²) in [5.74, 6) is -0.647. The van der Waals surface area contributed by atoms with Gasteiger partial charge in [-0.05, 0) is 36.8 Å². The van der Waals surface area contributed by atoms with Crippen molar-refractivity contribution < 1.29 is 14.5 Å². The van der Waals surface area contributed by atoms with E-state index in [-0.39, 0.29) is 23.5 Å². The molecule has 1 aromatic heterocycles. The first-order valence-corrected chi connectivity index (χ1v) is 10.9. The summed E-state index contributed by atoms with van der Waals surface area (Å²) in [5, 5.41) is 16.3. The van der Waals surface area contributed by atoms with Crippen LogP contribution in [0.4, 0.5) is 23.1 Å². The topological polar surface area (TPSA) is 150 Å². The molecule has 0 aliphatic carbocycles. The number of nitrogens with one attached hydrogen (secondary N) is 3. The monoisotopic (exact) mass is 454 g/mol. The highest BCUT2D eigenvalue weighted by Crippen LogP contribution is 2.32. The Morgan fingerprint density at radius 3 is 2.58 bits per heavy atom. The number of fused-ring (bicyclic) bond motifs is 1. The minimum Gasteiger partial charge on any atom is -0.342 e. The zero-order valence-corrected chi connectivity index (χ0v) is 18.7. The number of H-pyrrole nitrogens is 1. The molecule has 174 valence electrons. The maximum atomic E-state index is 13.1. The number of hydrogen-bond donors (Lipinski definition) is 3. The molecule has 3 atom stereocenters. The smallest absolute Gasteiger partial charge is 0.269 e. The lowest BCUT2D eigenvalue weighted by Gasteiger charge is -2.35. The van der Waals surface area contributed by atoms with Crippen LogP contribution in [0.1, 0.15) is 43.7 Å². The van der Waals surface area contributed by atoms with Gasteiger partial charge in [0.15, 0.2) is 0 Å². The van der Waals surface area contributed by atoms with Crippen molar-refractivity contribution in [3.05, 3.63) is 49.8 Å². The third-order valence-corrected chi connectivity index (χ3v) is 6.10. The summed E-state index contributed by atoms with van der Waals surface area (Å²) in [4.78, 5) is 58.1. The second-order valence-electron chi connectivity index (χ2n) is 9.05. The number of anilines is 3. The van der Waals surface area contributed by atoms with Gasteiger partial charge in [0.2, 0.25) is 17.8 Å². The van der Waals surface area contributed by atoms with Crippen LogP contribution in [-0.2, 0) is 9.59 Å². The van der Waals surface area contributed by atoms with Gasteiger partial charge >= 0.3 is 0 Å². The van der Waals surface area contributed by atoms with Crippen molar-refractivity contribution in [2.75, 3.05) is 28.6 Å². The first-order valence-electron chi connectivity index (χ1n) is 10.9. The van der Waals surface area contributed by atoms with Crippen molar-refractivity contribution in [2.45, 2.75) is 39.5 Å². The van der Waals surface area contributed by atoms with Crippen molar-refractivity contribution in [1.82, 2.24) is 9.97 Å². The molecular weight excluding hydrogens is 428 g/mol. The second kappa shape index (κ2) is 8.64. The molecule has 2 aliphatic rings. The Bertz CT molecular complexity index is 1180. The number of nitro groups is 1. The van der Waals surface area contributed by atoms with Gasteiger partial charge in [-0.25, -0.2) is 0 Å². The number of carbonyl (C=O) groups is 2. The van der Waals surface area contributed by atoms with Crippen LogP contribution < -0.4 is 21.1 Å². The molecule has 1 fully saturated rings. The zero-order chi connectivity index (χ0) is 23.9. The molecule has 33 heavy (non-hydrogen) atoms. The number of aryl methyl sites for hydroxylation is 1. The number of rotatable bonds is 4. The van der Waals surface area contributed by atoms with E-state index in [2.05, 4.69) is 34.4 Å². The molecular formula is C22H26N6O5. The number of amides is 2. The van der Waals surface area contributed by atoms with E-state index < -0.39 is 28.2 Å². The third-order valence-electron chi connectivity index (χ3n) is 6.10. The Morgan fingerprint density at radius 2 is 1.94 bits per heavy atom. The van der Waals surface area contributed by atoms with Crippen molar-refractivity contribution in [2.24, 2.45) is 11.8 Å². The standard InChI is InChI=1S/C22H26N6O5/c1-11-6-12(2)10-27(9-11)22-25-19-18(21(31)26-22)15(8-17(29)24-19)20(30)23-16-5-4-14(28(32)33)7-13(16)3/h4-5,7,11-12,15H,6,8-10H2,1-3H3,(H,23,30)(H2,24,25,26,29,31)/t11-,12-,15+/m0/s1. The zero-order valence-electron chi connectivity index (χ0n) is 18.7. The Hall–Kier alpha value is -3.76. The number of non-ortho nitro benzene ring substituents is 1. The fraction of sp³-hybridized carbons (Fsp3) is 0.455. The predicted octanol–water partition coefficient (Wildman–Crippen LogP) is 2.53. The van der Waals surface area contributed by atoms with Crippen LogP contribution in [0.2, 0.25) is 0 Å². The number of hydrogen-bond acceptors (Lipinski definition) is 7. The van der Waals surface area contributed by atoms with Crippen LogP contribution in [0.5, 0.6) is 0 Å². The van der Waals surface area contributed by atoms with Gasteiger partial charge < -0.3 is 15.5 Å². The molecule has 11 nitrogen and oxygen atoms in total. The summed E-state index contributed by atoms with van der Waals surface area (Å²) >= 11 is 0. The Balaban J connectivity index is 1.63. The molecule has 4 rings (SSSR count). The number of aromatic amines is 1. The van der Waals surface area contributed by atoms with E-state index in [0.29, 0.717) is 29.0 Å². The molecule has 2 aromatic rings. The lowest BCUT2D eigenvalue weighted by molar-refractivity contribution is -0.384. The van der Waals surface area contributed by atoms with Gasteiger partial charge in [0.05, 0.1) is 16.4 Å². The molecule has 0 radical (unpaired) electrons. The molecule has 0 saturated carbocycles. The van der Waals surface area contributed by atoms with Gasteiger partial charge in [-0.3, -0.25) is 29.5 Å². The molecule has 1 saturated heterocycles. The third kappa shape index (κ3) is 4.57. The molecule has 3 N–H and O–H groups in total. The summed E-state index contributed by atoms with van der Waals surface area (Å²) in [5.41, 5.74) is 0.404. The summed E-state index contributed by atoms with van der Waals surface area (Å²) in [7, 11) is 0. The van der Waals surface area contributed by atoms with Crippen molar-refractivity contribution >= 4 is 35.0 Å². The maximum absolute atomic E-state index is 13.1. The maximum Gasteiger partial charge on any atom is 0.269 e. The van der Waals surface area contributed by atoms with Gasteiger partial charge in [0.1, 0.15) is 5.82 Å². The van der Waals surface area contributed by atoms with Gasteiger partial charge in [-0.2, -0.15) is 4.98 Å². The molecule has 1 aromatic carbocycles. The number of nitro benzene ring substituents is 1. The normalized spacial score (nSPS) is 22.3. The number of benzene rings is 1. The molecule has 11 heteroatoms. The van der Waals surface area contributed by atoms with Crippen LogP contribution in [-0.4, -0.2) is 39.8 Å². The number of piperidine rings is 1. The SMILES string of the molecule is Cc1cc([N+](=O)[O-])ccc1NC(=O)[C@@H]1CC(=O)Nc2nc(N3C[C@@H](C)C[C@H](C)C3)[nH]c(=O)c21. The van der Waals surface area contributed by atoms with Crippen molar-refractivity contribution in [3.8, 4) is 0 Å². The van der Waals surface area contributed by atoms with E-state index in [1.54, 1.807) is 6.92 Å². The fourth-order valence-electron chi connectivity index (χ4n) is 4.69. The van der Waals surface area contributed by atoms with Gasteiger partial charge in [0, 0.05) is 37.3 Å². The van der Waals surface area contributed by atoms with Crippen LogP contribution >= 0.6 is 0 Å². The minimum absolute atomic E-state index is 0.0939. The molecule has 2 aliphatic heterocycles. The summed E-state index contributed by atoms with van der Waals surface area (Å²) in [6.45, 7) is 7.39. The number of carbonyl (C=O) groups excluding carboxylic acids is 2. The van der Waals surface area contributed by atoms with E-state index in [9.17, 15) is 24.5 Å². The molecule has 0 bridgehead atoms. The lowest BCUT2D eigenvalue weighted by Crippen LogP contribution is -2.42. The fourth-order valence-corrected chi connectivity index (χ4v) is 4.69. The first-order chi connectivity index (χ1) is 15.6. The minimum atomic E-state index is -1.03. The molecule has 2 amide bonds. The Kier molecular flexibility index (Phi) is 5.88. The van der Waals surface area contributed by atoms with Crippen molar-refractivity contribution in [1.29, 1.82) is 0 Å². The quantitative estimate of drug-likeness (QED) is 0.474. The van der Waals surface area contributed by atoms with Gasteiger partial charge in [-0.15, -0.1) is 0 Å². The highest BCUT2D eigenvalue weighted by atomic mass is 16.6. The number of nitrogens with zero attached hydrogens (tertiary/aromatic N) is 3. The second-order valence-corrected chi connectivity index (χ2v) is 9.05.